The maximum Gasteiger partial charge on any atom is 0.224 e. The largest absolute Gasteiger partial charge is 0.493 e. The minimum Gasteiger partial charge on any atom is -0.493 e. The van der Waals surface area contributed by atoms with Crippen molar-refractivity contribution in [1.29, 1.82) is 0 Å². The van der Waals surface area contributed by atoms with Gasteiger partial charge in [-0.1, -0.05) is 50.8 Å². The Bertz CT molecular complexity index is 1030. The Labute approximate surface area is 190 Å². The van der Waals surface area contributed by atoms with Gasteiger partial charge in [-0.3, -0.25) is 4.79 Å². The molecule has 0 aliphatic rings. The predicted molar refractivity (Wildman–Crippen MR) is 128 cm³/mol. The summed E-state index contributed by atoms with van der Waals surface area (Å²) < 4.78 is 12.9. The summed E-state index contributed by atoms with van der Waals surface area (Å²) in [6, 6.07) is 13.5. The van der Waals surface area contributed by atoms with Gasteiger partial charge in [0.25, 0.3) is 0 Å². The smallest absolute Gasteiger partial charge is 0.224 e. The molecule has 32 heavy (non-hydrogen) atoms. The second-order valence-corrected chi connectivity index (χ2v) is 8.18. The molecule has 0 saturated carbocycles. The van der Waals surface area contributed by atoms with Crippen molar-refractivity contribution in [3.05, 3.63) is 53.9 Å². The third-order valence-electron chi connectivity index (χ3n) is 5.75. The Morgan fingerprint density at radius 2 is 1.78 bits per heavy atom. The number of benzene rings is 2. The molecule has 1 amide bonds. The van der Waals surface area contributed by atoms with E-state index in [0.717, 1.165) is 35.4 Å². The average Bonchev–Trinajstić information content (AvgIpc) is 3.17. The van der Waals surface area contributed by atoms with E-state index < -0.39 is 0 Å². The Morgan fingerprint density at radius 3 is 2.53 bits per heavy atom. The second kappa shape index (κ2) is 11.6. The first-order chi connectivity index (χ1) is 15.6. The summed E-state index contributed by atoms with van der Waals surface area (Å²) >= 11 is 0. The number of nitrogens with one attached hydrogen (secondary N) is 1. The van der Waals surface area contributed by atoms with E-state index in [2.05, 4.69) is 22.9 Å². The molecule has 0 radical (unpaired) electrons. The van der Waals surface area contributed by atoms with E-state index in [1.54, 1.807) is 14.2 Å². The minimum atomic E-state index is -0.189. The quantitative estimate of drug-likeness (QED) is 0.383. The fraction of sp³-hybridized carbons (Fsp3) is 0.462. The van der Waals surface area contributed by atoms with E-state index in [9.17, 15) is 4.79 Å². The van der Waals surface area contributed by atoms with E-state index in [1.807, 2.05) is 43.3 Å². The molecular weight excluding hydrogens is 402 g/mol. The molecule has 6 nitrogen and oxygen atoms in total. The van der Waals surface area contributed by atoms with Crippen LogP contribution in [-0.4, -0.2) is 29.7 Å². The summed E-state index contributed by atoms with van der Waals surface area (Å²) in [5.74, 6) is 2.13. The normalized spacial score (nSPS) is 12.0. The summed E-state index contributed by atoms with van der Waals surface area (Å²) in [6.45, 7) is 5.14. The summed E-state index contributed by atoms with van der Waals surface area (Å²) in [5, 5.41) is 3.13. The number of carbonyl (C=O) groups is 1. The summed E-state index contributed by atoms with van der Waals surface area (Å²) in [7, 11) is 3.19. The van der Waals surface area contributed by atoms with Crippen molar-refractivity contribution in [2.45, 2.75) is 65.0 Å². The van der Waals surface area contributed by atoms with Crippen molar-refractivity contribution in [2.75, 3.05) is 14.2 Å². The third kappa shape index (κ3) is 5.81. The molecule has 2 aromatic carbocycles. The van der Waals surface area contributed by atoms with Gasteiger partial charge in [-0.25, -0.2) is 4.98 Å². The number of hydrogen-bond acceptors (Lipinski definition) is 4. The van der Waals surface area contributed by atoms with Crippen LogP contribution in [0.3, 0.4) is 0 Å². The lowest BCUT2D eigenvalue weighted by molar-refractivity contribution is -0.121. The van der Waals surface area contributed by atoms with Crippen LogP contribution in [0.1, 0.15) is 63.4 Å². The number of nitrogens with zero attached hydrogens (tertiary/aromatic N) is 2. The molecule has 172 valence electrons. The number of rotatable bonds is 12. The van der Waals surface area contributed by atoms with E-state index in [4.69, 9.17) is 14.5 Å². The first kappa shape index (κ1) is 23.6. The molecule has 1 heterocycles. The highest BCUT2D eigenvalue weighted by Gasteiger charge is 2.19. The maximum absolute atomic E-state index is 12.8. The number of aromatic nitrogens is 2. The first-order valence-electron chi connectivity index (χ1n) is 11.5. The number of fused-ring (bicyclic) bond motifs is 1. The van der Waals surface area contributed by atoms with Crippen LogP contribution in [0, 0.1) is 0 Å². The molecule has 0 aliphatic heterocycles. The maximum atomic E-state index is 12.8. The van der Waals surface area contributed by atoms with Crippen LogP contribution < -0.4 is 14.8 Å². The zero-order valence-electron chi connectivity index (χ0n) is 19.7. The lowest BCUT2D eigenvalue weighted by Gasteiger charge is -2.17. The highest BCUT2D eigenvalue weighted by Crippen LogP contribution is 2.28. The fourth-order valence-corrected chi connectivity index (χ4v) is 4.07. The van der Waals surface area contributed by atoms with Crippen LogP contribution in [0.25, 0.3) is 11.0 Å². The standard InChI is InChI=1S/C26H35N3O3/c1-5-6-7-8-11-16-29-22-13-10-9-12-21(22)28-26(29)19(2)27-25(30)18-20-14-15-23(31-3)24(17-20)32-4/h9-10,12-15,17,19H,5-8,11,16,18H2,1-4H3,(H,27,30). The number of imidazole rings is 1. The molecule has 0 saturated heterocycles. The van der Waals surface area contributed by atoms with Gasteiger partial charge in [-0.05, 0) is 43.2 Å². The van der Waals surface area contributed by atoms with Gasteiger partial charge < -0.3 is 19.4 Å². The molecular formula is C26H35N3O3. The SMILES string of the molecule is CCCCCCCn1c(C(C)NC(=O)Cc2ccc(OC)c(OC)c2)nc2ccccc21. The van der Waals surface area contributed by atoms with Crippen LogP contribution in [-0.2, 0) is 17.8 Å². The van der Waals surface area contributed by atoms with E-state index in [1.165, 1.54) is 25.7 Å². The average molecular weight is 438 g/mol. The van der Waals surface area contributed by atoms with Crippen molar-refractivity contribution >= 4 is 16.9 Å². The number of methoxy groups -OCH3 is 2. The number of para-hydroxylation sites is 2. The monoisotopic (exact) mass is 437 g/mol. The number of amides is 1. The molecule has 6 heteroatoms. The number of carbonyl (C=O) groups excluding carboxylic acids is 1. The summed E-state index contributed by atoms with van der Waals surface area (Å²) in [6.07, 6.45) is 6.36. The van der Waals surface area contributed by atoms with E-state index >= 15 is 0 Å². The number of ether oxygens (including phenoxy) is 2. The molecule has 1 N–H and O–H groups in total. The molecule has 0 spiro atoms. The summed E-state index contributed by atoms with van der Waals surface area (Å²) in [4.78, 5) is 17.6. The lowest BCUT2D eigenvalue weighted by atomic mass is 10.1. The van der Waals surface area contributed by atoms with E-state index in [-0.39, 0.29) is 18.4 Å². The van der Waals surface area contributed by atoms with Gasteiger partial charge in [0.15, 0.2) is 11.5 Å². The third-order valence-corrected chi connectivity index (χ3v) is 5.75. The molecule has 0 fully saturated rings. The Morgan fingerprint density at radius 1 is 1.03 bits per heavy atom. The van der Waals surface area contributed by atoms with Gasteiger partial charge in [0, 0.05) is 6.54 Å². The van der Waals surface area contributed by atoms with Crippen LogP contribution in [0.2, 0.25) is 0 Å². The Balaban J connectivity index is 1.71. The molecule has 3 rings (SSSR count). The highest BCUT2D eigenvalue weighted by atomic mass is 16.5. The van der Waals surface area contributed by atoms with Crippen molar-refractivity contribution in [3.8, 4) is 11.5 Å². The fourth-order valence-electron chi connectivity index (χ4n) is 4.07. The van der Waals surface area contributed by atoms with Gasteiger partial charge in [0.05, 0.1) is 37.7 Å². The predicted octanol–water partition coefficient (Wildman–Crippen LogP) is 5.44. The molecule has 1 atom stereocenters. The number of hydrogen-bond donors (Lipinski definition) is 1. The lowest BCUT2D eigenvalue weighted by Crippen LogP contribution is -2.30. The molecule has 1 aromatic heterocycles. The van der Waals surface area contributed by atoms with Gasteiger partial charge in [0.2, 0.25) is 5.91 Å². The van der Waals surface area contributed by atoms with Crippen molar-refractivity contribution < 1.29 is 14.3 Å². The zero-order valence-corrected chi connectivity index (χ0v) is 19.7. The van der Waals surface area contributed by atoms with Gasteiger partial charge in [-0.15, -0.1) is 0 Å². The van der Waals surface area contributed by atoms with Crippen molar-refractivity contribution in [2.24, 2.45) is 0 Å². The van der Waals surface area contributed by atoms with Gasteiger partial charge in [-0.2, -0.15) is 0 Å². The molecule has 3 aromatic rings. The number of unbranched alkanes of at least 4 members (excludes halogenated alkanes) is 4. The molecule has 0 aliphatic carbocycles. The Kier molecular flexibility index (Phi) is 8.54. The van der Waals surface area contributed by atoms with Crippen LogP contribution >= 0.6 is 0 Å². The van der Waals surface area contributed by atoms with Crippen molar-refractivity contribution in [3.63, 3.8) is 0 Å². The van der Waals surface area contributed by atoms with E-state index in [0.29, 0.717) is 11.5 Å². The van der Waals surface area contributed by atoms with Gasteiger partial charge >= 0.3 is 0 Å². The first-order valence-corrected chi connectivity index (χ1v) is 11.5. The van der Waals surface area contributed by atoms with Crippen LogP contribution in [0.4, 0.5) is 0 Å². The topological polar surface area (TPSA) is 65.4 Å². The minimum absolute atomic E-state index is 0.0497. The molecule has 0 bridgehead atoms. The Hall–Kier alpha value is -3.02. The highest BCUT2D eigenvalue weighted by molar-refractivity contribution is 5.80. The number of aryl methyl sites for hydroxylation is 1. The molecule has 1 unspecified atom stereocenters. The zero-order chi connectivity index (χ0) is 22.9. The summed E-state index contributed by atoms with van der Waals surface area (Å²) in [5.41, 5.74) is 2.97. The van der Waals surface area contributed by atoms with Gasteiger partial charge in [0.1, 0.15) is 5.82 Å². The van der Waals surface area contributed by atoms with Crippen molar-refractivity contribution in [1.82, 2.24) is 14.9 Å². The second-order valence-electron chi connectivity index (χ2n) is 8.18. The van der Waals surface area contributed by atoms with Crippen LogP contribution in [0.5, 0.6) is 11.5 Å². The van der Waals surface area contributed by atoms with Crippen LogP contribution in [0.15, 0.2) is 42.5 Å².